The molecule has 20 heavy (non-hydrogen) atoms. The van der Waals surface area contributed by atoms with Crippen LogP contribution >= 0.6 is 0 Å². The van der Waals surface area contributed by atoms with Gasteiger partial charge < -0.3 is 11.1 Å². The first-order valence-corrected chi connectivity index (χ1v) is 6.65. The molecular formula is C14H17F3N2O. The molecule has 1 fully saturated rings. The number of halogens is 3. The number of hydrogen-bond acceptors (Lipinski definition) is 2. The van der Waals surface area contributed by atoms with Gasteiger partial charge in [0.1, 0.15) is 23.0 Å². The highest BCUT2D eigenvalue weighted by Gasteiger charge is 2.27. The third-order valence-corrected chi connectivity index (χ3v) is 3.88. The Labute approximate surface area is 115 Å². The SMILES string of the molecule is NCC1CCCC1CNC(=O)c1c(F)cc(F)cc1F. The Morgan fingerprint density at radius 3 is 2.40 bits per heavy atom. The molecule has 1 aromatic rings. The minimum absolute atomic E-state index is 0.232. The Morgan fingerprint density at radius 2 is 1.80 bits per heavy atom. The second kappa shape index (κ2) is 6.26. The van der Waals surface area contributed by atoms with E-state index in [2.05, 4.69) is 5.32 Å². The first-order valence-electron chi connectivity index (χ1n) is 6.65. The van der Waals surface area contributed by atoms with E-state index in [9.17, 15) is 18.0 Å². The van der Waals surface area contributed by atoms with Crippen molar-refractivity contribution in [1.29, 1.82) is 0 Å². The molecule has 6 heteroatoms. The molecule has 0 heterocycles. The zero-order chi connectivity index (χ0) is 14.7. The van der Waals surface area contributed by atoms with E-state index in [-0.39, 0.29) is 5.92 Å². The summed E-state index contributed by atoms with van der Waals surface area (Å²) in [5.41, 5.74) is 4.89. The van der Waals surface area contributed by atoms with Crippen molar-refractivity contribution in [2.45, 2.75) is 19.3 Å². The topological polar surface area (TPSA) is 55.1 Å². The molecular weight excluding hydrogens is 269 g/mol. The van der Waals surface area contributed by atoms with E-state index < -0.39 is 28.9 Å². The Kier molecular flexibility index (Phi) is 4.65. The number of nitrogens with two attached hydrogens (primary N) is 1. The largest absolute Gasteiger partial charge is 0.352 e. The van der Waals surface area contributed by atoms with Crippen LogP contribution in [0.5, 0.6) is 0 Å². The van der Waals surface area contributed by atoms with E-state index in [1.807, 2.05) is 0 Å². The summed E-state index contributed by atoms with van der Waals surface area (Å²) in [5, 5.41) is 2.51. The molecule has 2 atom stereocenters. The van der Waals surface area contributed by atoms with Crippen molar-refractivity contribution in [3.8, 4) is 0 Å². The van der Waals surface area contributed by atoms with Crippen molar-refractivity contribution in [1.82, 2.24) is 5.32 Å². The predicted octanol–water partition coefficient (Wildman–Crippen LogP) is 2.21. The molecule has 1 saturated carbocycles. The number of amides is 1. The Hall–Kier alpha value is -1.56. The van der Waals surface area contributed by atoms with Gasteiger partial charge in [-0.15, -0.1) is 0 Å². The number of benzene rings is 1. The molecule has 1 aliphatic carbocycles. The summed E-state index contributed by atoms with van der Waals surface area (Å²) in [6.45, 7) is 0.872. The molecule has 0 aromatic heterocycles. The van der Waals surface area contributed by atoms with E-state index in [1.54, 1.807) is 0 Å². The fourth-order valence-electron chi connectivity index (χ4n) is 2.76. The first kappa shape index (κ1) is 14.8. The van der Waals surface area contributed by atoms with E-state index in [0.29, 0.717) is 31.1 Å². The lowest BCUT2D eigenvalue weighted by Crippen LogP contribution is -2.33. The van der Waals surface area contributed by atoms with E-state index in [4.69, 9.17) is 5.73 Å². The Bertz CT molecular complexity index is 484. The molecule has 0 saturated heterocycles. The molecule has 1 aliphatic rings. The van der Waals surface area contributed by atoms with Crippen molar-refractivity contribution in [2.24, 2.45) is 17.6 Å². The molecule has 1 aromatic carbocycles. The summed E-state index contributed by atoms with van der Waals surface area (Å²) in [6, 6.07) is 0.993. The maximum absolute atomic E-state index is 13.4. The third kappa shape index (κ3) is 3.12. The van der Waals surface area contributed by atoms with Crippen molar-refractivity contribution < 1.29 is 18.0 Å². The monoisotopic (exact) mass is 286 g/mol. The minimum Gasteiger partial charge on any atom is -0.352 e. The van der Waals surface area contributed by atoms with Crippen molar-refractivity contribution in [3.05, 3.63) is 35.1 Å². The number of hydrogen-bond donors (Lipinski definition) is 2. The van der Waals surface area contributed by atoms with Crippen LogP contribution in [0.2, 0.25) is 0 Å². The van der Waals surface area contributed by atoms with Gasteiger partial charge in [-0.05, 0) is 31.2 Å². The lowest BCUT2D eigenvalue weighted by Gasteiger charge is -2.18. The van der Waals surface area contributed by atoms with Gasteiger partial charge in [-0.2, -0.15) is 0 Å². The van der Waals surface area contributed by atoms with Crippen molar-refractivity contribution in [2.75, 3.05) is 13.1 Å². The van der Waals surface area contributed by atoms with Gasteiger partial charge in [0.2, 0.25) is 0 Å². The van der Waals surface area contributed by atoms with Crippen LogP contribution in [-0.4, -0.2) is 19.0 Å². The maximum atomic E-state index is 13.4. The van der Waals surface area contributed by atoms with Crippen LogP contribution in [0.4, 0.5) is 13.2 Å². The van der Waals surface area contributed by atoms with Gasteiger partial charge in [-0.1, -0.05) is 6.42 Å². The standard InChI is InChI=1S/C14H17F3N2O/c15-10-4-11(16)13(12(17)5-10)14(20)19-7-9-3-1-2-8(9)6-18/h4-5,8-9H,1-3,6-7,18H2,(H,19,20). The third-order valence-electron chi connectivity index (χ3n) is 3.88. The maximum Gasteiger partial charge on any atom is 0.257 e. The summed E-state index contributed by atoms with van der Waals surface area (Å²) < 4.78 is 39.7. The number of carbonyl (C=O) groups is 1. The molecule has 0 spiro atoms. The van der Waals surface area contributed by atoms with Crippen molar-refractivity contribution >= 4 is 5.91 Å². The molecule has 3 N–H and O–H groups in total. The number of nitrogens with one attached hydrogen (secondary N) is 1. The van der Waals surface area contributed by atoms with Crippen LogP contribution in [-0.2, 0) is 0 Å². The number of carbonyl (C=O) groups excluding carboxylic acids is 1. The molecule has 3 nitrogen and oxygen atoms in total. The van der Waals surface area contributed by atoms with Gasteiger partial charge in [0.15, 0.2) is 0 Å². The Balaban J connectivity index is 2.02. The molecule has 0 aliphatic heterocycles. The van der Waals surface area contributed by atoms with Crippen molar-refractivity contribution in [3.63, 3.8) is 0 Å². The molecule has 0 bridgehead atoms. The fourth-order valence-corrected chi connectivity index (χ4v) is 2.76. The molecule has 2 unspecified atom stereocenters. The summed E-state index contributed by atoms with van der Waals surface area (Å²) in [5.74, 6) is -3.73. The fraction of sp³-hybridized carbons (Fsp3) is 0.500. The van der Waals surface area contributed by atoms with Gasteiger partial charge in [0.25, 0.3) is 5.91 Å². The van der Waals surface area contributed by atoms with Gasteiger partial charge >= 0.3 is 0 Å². The molecule has 1 amide bonds. The van der Waals surface area contributed by atoms with Crippen LogP contribution in [0.25, 0.3) is 0 Å². The van der Waals surface area contributed by atoms with Crippen LogP contribution < -0.4 is 11.1 Å². The highest BCUT2D eigenvalue weighted by molar-refractivity contribution is 5.94. The van der Waals surface area contributed by atoms with Gasteiger partial charge in [0.05, 0.1) is 0 Å². The normalized spacial score (nSPS) is 22.0. The lowest BCUT2D eigenvalue weighted by atomic mass is 9.96. The summed E-state index contributed by atoms with van der Waals surface area (Å²) >= 11 is 0. The lowest BCUT2D eigenvalue weighted by molar-refractivity contribution is 0.0935. The molecule has 110 valence electrons. The predicted molar refractivity (Wildman–Crippen MR) is 68.5 cm³/mol. The average Bonchev–Trinajstić information content (AvgIpc) is 2.82. The van der Waals surface area contributed by atoms with Gasteiger partial charge in [0, 0.05) is 18.7 Å². The summed E-state index contributed by atoms with van der Waals surface area (Å²) in [6.07, 6.45) is 2.99. The average molecular weight is 286 g/mol. The van der Waals surface area contributed by atoms with E-state index in [0.717, 1.165) is 19.3 Å². The van der Waals surface area contributed by atoms with Gasteiger partial charge in [-0.3, -0.25) is 4.79 Å². The summed E-state index contributed by atoms with van der Waals surface area (Å²) in [7, 11) is 0. The second-order valence-electron chi connectivity index (χ2n) is 5.14. The summed E-state index contributed by atoms with van der Waals surface area (Å²) in [4.78, 5) is 11.8. The Morgan fingerprint density at radius 1 is 1.20 bits per heavy atom. The van der Waals surface area contributed by atoms with E-state index >= 15 is 0 Å². The zero-order valence-corrected chi connectivity index (χ0v) is 11.0. The quantitative estimate of drug-likeness (QED) is 0.891. The first-order chi connectivity index (χ1) is 9.52. The zero-order valence-electron chi connectivity index (χ0n) is 11.0. The molecule has 2 rings (SSSR count). The van der Waals surface area contributed by atoms with Crippen LogP contribution in [0.1, 0.15) is 29.6 Å². The smallest absolute Gasteiger partial charge is 0.257 e. The van der Waals surface area contributed by atoms with Crippen LogP contribution in [0.3, 0.4) is 0 Å². The minimum atomic E-state index is -1.19. The molecule has 0 radical (unpaired) electrons. The highest BCUT2D eigenvalue weighted by Crippen LogP contribution is 2.30. The highest BCUT2D eigenvalue weighted by atomic mass is 19.1. The second-order valence-corrected chi connectivity index (χ2v) is 5.14. The van der Waals surface area contributed by atoms with Gasteiger partial charge in [-0.25, -0.2) is 13.2 Å². The number of rotatable bonds is 4. The van der Waals surface area contributed by atoms with Crippen LogP contribution in [0.15, 0.2) is 12.1 Å². The van der Waals surface area contributed by atoms with Crippen LogP contribution in [0, 0.1) is 29.3 Å². The van der Waals surface area contributed by atoms with E-state index in [1.165, 1.54) is 0 Å².